The number of hydrogen-bond acceptors (Lipinski definition) is 5. The highest BCUT2D eigenvalue weighted by Crippen LogP contribution is 2.31. The number of likely N-dealkylation sites (tertiary alicyclic amines) is 1. The van der Waals surface area contributed by atoms with Crippen LogP contribution in [-0.2, 0) is 17.9 Å². The van der Waals surface area contributed by atoms with Gasteiger partial charge in [0.2, 0.25) is 17.6 Å². The fourth-order valence-corrected chi connectivity index (χ4v) is 5.42. The smallest absolute Gasteiger partial charge is 0.241 e. The zero-order valence-corrected chi connectivity index (χ0v) is 21.4. The number of aromatic nitrogens is 3. The number of carbonyl (C=O) groups is 1. The third-order valence-electron chi connectivity index (χ3n) is 7.24. The second-order valence-corrected chi connectivity index (χ2v) is 9.99. The molecule has 0 spiro atoms. The van der Waals surface area contributed by atoms with Crippen molar-refractivity contribution in [2.75, 3.05) is 18.4 Å². The average molecular weight is 514 g/mol. The van der Waals surface area contributed by atoms with E-state index < -0.39 is 0 Å². The number of benzene rings is 3. The number of para-hydroxylation sites is 1. The number of halogens is 1. The monoisotopic (exact) mass is 513 g/mol. The van der Waals surface area contributed by atoms with Gasteiger partial charge in [-0.05, 0) is 81.4 Å². The van der Waals surface area contributed by atoms with Crippen LogP contribution in [0.4, 0.5) is 5.69 Å². The van der Waals surface area contributed by atoms with E-state index in [4.69, 9.17) is 16.1 Å². The van der Waals surface area contributed by atoms with Crippen LogP contribution >= 0.6 is 11.6 Å². The number of rotatable bonds is 6. The number of anilines is 1. The Bertz CT molecular complexity index is 1560. The first kappa shape index (κ1) is 23.7. The summed E-state index contributed by atoms with van der Waals surface area (Å²) in [6.45, 7) is 5.25. The van der Waals surface area contributed by atoms with E-state index in [-0.39, 0.29) is 11.8 Å². The molecule has 6 rings (SSSR count). The number of aryl methyl sites for hydroxylation is 1. The van der Waals surface area contributed by atoms with Crippen molar-refractivity contribution in [3.63, 3.8) is 0 Å². The summed E-state index contributed by atoms with van der Waals surface area (Å²) in [4.78, 5) is 19.9. The first-order valence-electron chi connectivity index (χ1n) is 12.7. The van der Waals surface area contributed by atoms with Gasteiger partial charge in [0.15, 0.2) is 0 Å². The van der Waals surface area contributed by atoms with Crippen molar-refractivity contribution in [1.29, 1.82) is 0 Å². The molecular weight excluding hydrogens is 486 g/mol. The molecule has 0 unspecified atom stereocenters. The summed E-state index contributed by atoms with van der Waals surface area (Å²) in [6.07, 6.45) is 1.59. The molecule has 7 nitrogen and oxygen atoms in total. The maximum Gasteiger partial charge on any atom is 0.241 e. The van der Waals surface area contributed by atoms with Crippen LogP contribution in [-0.4, -0.2) is 38.6 Å². The summed E-state index contributed by atoms with van der Waals surface area (Å²) in [5, 5.41) is 10.3. The van der Waals surface area contributed by atoms with E-state index in [1.165, 1.54) is 21.8 Å². The van der Waals surface area contributed by atoms with Crippen LogP contribution in [0.25, 0.3) is 33.2 Å². The molecule has 1 aliphatic rings. The fraction of sp³-hybridized carbons (Fsp3) is 0.276. The number of fused-ring (bicyclic) bond motifs is 3. The quantitative estimate of drug-likeness (QED) is 0.285. The Hall–Kier alpha value is -3.68. The van der Waals surface area contributed by atoms with E-state index in [0.717, 1.165) is 43.7 Å². The molecule has 1 N–H and O–H groups in total. The Morgan fingerprint density at radius 1 is 1.03 bits per heavy atom. The maximum atomic E-state index is 13.1. The molecule has 5 aromatic rings. The molecule has 1 amide bonds. The van der Waals surface area contributed by atoms with Crippen LogP contribution < -0.4 is 5.32 Å². The van der Waals surface area contributed by atoms with Crippen molar-refractivity contribution < 1.29 is 9.32 Å². The predicted molar refractivity (Wildman–Crippen MR) is 146 cm³/mol. The van der Waals surface area contributed by atoms with Crippen LogP contribution in [0.2, 0.25) is 5.02 Å². The topological polar surface area (TPSA) is 76.2 Å². The van der Waals surface area contributed by atoms with Gasteiger partial charge in [-0.2, -0.15) is 4.98 Å². The van der Waals surface area contributed by atoms with Gasteiger partial charge < -0.3 is 14.4 Å². The standard InChI is InChI=1S/C29H28ClN5O2/c1-2-35-25-6-4-3-5-23(25)24-17-22(11-12-26(24)35)31-29(36)20-13-15-34(16-14-20)18-27-32-28(33-37-27)19-7-9-21(30)10-8-19/h3-12,17,20H,2,13-16,18H2,1H3,(H,31,36). The minimum atomic E-state index is -0.0174. The summed E-state index contributed by atoms with van der Waals surface area (Å²) in [6, 6.07) is 22.0. The molecule has 0 saturated carbocycles. The normalized spacial score (nSPS) is 15.0. The Morgan fingerprint density at radius 2 is 1.78 bits per heavy atom. The van der Waals surface area contributed by atoms with E-state index in [9.17, 15) is 4.79 Å². The summed E-state index contributed by atoms with van der Waals surface area (Å²) in [5.74, 6) is 1.20. The number of hydrogen-bond donors (Lipinski definition) is 1. The molecule has 0 atom stereocenters. The lowest BCUT2D eigenvalue weighted by atomic mass is 9.95. The Kier molecular flexibility index (Phi) is 6.40. The van der Waals surface area contributed by atoms with E-state index in [0.29, 0.717) is 23.3 Å². The molecule has 188 valence electrons. The van der Waals surface area contributed by atoms with Crippen LogP contribution in [0, 0.1) is 5.92 Å². The van der Waals surface area contributed by atoms with Gasteiger partial charge in [0, 0.05) is 50.5 Å². The Balaban J connectivity index is 1.08. The Labute approximate surface area is 220 Å². The molecule has 0 aliphatic carbocycles. The first-order chi connectivity index (χ1) is 18.1. The molecule has 1 aliphatic heterocycles. The molecule has 3 aromatic carbocycles. The van der Waals surface area contributed by atoms with Crippen molar-refractivity contribution >= 4 is 45.0 Å². The van der Waals surface area contributed by atoms with Gasteiger partial charge in [-0.3, -0.25) is 9.69 Å². The van der Waals surface area contributed by atoms with Gasteiger partial charge in [-0.25, -0.2) is 0 Å². The number of amides is 1. The van der Waals surface area contributed by atoms with Gasteiger partial charge in [0.25, 0.3) is 0 Å². The largest absolute Gasteiger partial charge is 0.341 e. The van der Waals surface area contributed by atoms with Crippen molar-refractivity contribution in [2.24, 2.45) is 5.92 Å². The van der Waals surface area contributed by atoms with Crippen LogP contribution in [0.3, 0.4) is 0 Å². The number of carbonyl (C=O) groups excluding carboxylic acids is 1. The fourth-order valence-electron chi connectivity index (χ4n) is 5.30. The Morgan fingerprint density at radius 3 is 2.57 bits per heavy atom. The van der Waals surface area contributed by atoms with Crippen molar-refractivity contribution in [3.8, 4) is 11.4 Å². The third-order valence-corrected chi connectivity index (χ3v) is 7.50. The zero-order valence-electron chi connectivity index (χ0n) is 20.7. The van der Waals surface area contributed by atoms with Crippen LogP contribution in [0.5, 0.6) is 0 Å². The molecule has 2 aromatic heterocycles. The average Bonchev–Trinajstić information content (AvgIpc) is 3.51. The molecule has 3 heterocycles. The van der Waals surface area contributed by atoms with E-state index in [2.05, 4.69) is 68.2 Å². The summed E-state index contributed by atoms with van der Waals surface area (Å²) >= 11 is 5.96. The molecule has 1 fully saturated rings. The number of nitrogens with zero attached hydrogens (tertiary/aromatic N) is 4. The molecule has 37 heavy (non-hydrogen) atoms. The number of piperidine rings is 1. The highest BCUT2D eigenvalue weighted by Gasteiger charge is 2.26. The lowest BCUT2D eigenvalue weighted by molar-refractivity contribution is -0.121. The van der Waals surface area contributed by atoms with Crippen molar-refractivity contribution in [3.05, 3.63) is 77.6 Å². The molecule has 8 heteroatoms. The van der Waals surface area contributed by atoms with E-state index in [1.807, 2.05) is 30.3 Å². The van der Waals surface area contributed by atoms with Gasteiger partial charge in [0.05, 0.1) is 6.54 Å². The van der Waals surface area contributed by atoms with Gasteiger partial charge in [0.1, 0.15) is 0 Å². The number of nitrogens with one attached hydrogen (secondary N) is 1. The highest BCUT2D eigenvalue weighted by atomic mass is 35.5. The van der Waals surface area contributed by atoms with Crippen molar-refractivity contribution in [2.45, 2.75) is 32.9 Å². The molecule has 0 bridgehead atoms. The first-order valence-corrected chi connectivity index (χ1v) is 13.1. The van der Waals surface area contributed by atoms with Crippen LogP contribution in [0.15, 0.2) is 71.3 Å². The van der Waals surface area contributed by atoms with E-state index >= 15 is 0 Å². The van der Waals surface area contributed by atoms with E-state index in [1.54, 1.807) is 0 Å². The second kappa shape index (κ2) is 10.00. The summed E-state index contributed by atoms with van der Waals surface area (Å²) in [5.41, 5.74) is 4.12. The van der Waals surface area contributed by atoms with Gasteiger partial charge >= 0.3 is 0 Å². The third kappa shape index (κ3) is 4.72. The maximum absolute atomic E-state index is 13.1. The summed E-state index contributed by atoms with van der Waals surface area (Å²) in [7, 11) is 0. The molecule has 0 radical (unpaired) electrons. The lowest BCUT2D eigenvalue weighted by Gasteiger charge is -2.30. The molecule has 1 saturated heterocycles. The minimum Gasteiger partial charge on any atom is -0.341 e. The zero-order chi connectivity index (χ0) is 25.4. The van der Waals surface area contributed by atoms with Crippen LogP contribution in [0.1, 0.15) is 25.7 Å². The predicted octanol–water partition coefficient (Wildman–Crippen LogP) is 6.37. The SMILES string of the molecule is CCn1c2ccccc2c2cc(NC(=O)C3CCN(Cc4nc(-c5ccc(Cl)cc5)no4)CC3)ccc21. The lowest BCUT2D eigenvalue weighted by Crippen LogP contribution is -2.37. The highest BCUT2D eigenvalue weighted by molar-refractivity contribution is 6.30. The second-order valence-electron chi connectivity index (χ2n) is 9.55. The minimum absolute atomic E-state index is 0.0174. The van der Waals surface area contributed by atoms with Gasteiger partial charge in [-0.1, -0.05) is 35.0 Å². The van der Waals surface area contributed by atoms with Gasteiger partial charge in [-0.15, -0.1) is 0 Å². The van der Waals surface area contributed by atoms with Crippen molar-refractivity contribution in [1.82, 2.24) is 19.6 Å². The molecular formula is C29H28ClN5O2. The summed E-state index contributed by atoms with van der Waals surface area (Å²) < 4.78 is 7.78.